The number of carbonyl (C=O) groups is 1. The van der Waals surface area contributed by atoms with Gasteiger partial charge in [-0.15, -0.1) is 11.8 Å². The number of urea groups is 1. The molecule has 286 valence electrons. The Labute approximate surface area is 325 Å². The van der Waals surface area contributed by atoms with Crippen LogP contribution in [-0.4, -0.2) is 35.0 Å². The smallest absolute Gasteiger partial charge is 0.320 e. The van der Waals surface area contributed by atoms with Gasteiger partial charge in [-0.3, -0.25) is 10.1 Å². The third-order valence-electron chi connectivity index (χ3n) is 10.1. The van der Waals surface area contributed by atoms with Crippen molar-refractivity contribution in [1.29, 1.82) is 0 Å². The summed E-state index contributed by atoms with van der Waals surface area (Å²) in [6.45, 7) is 22.2. The Kier molecular flexibility index (Phi) is 12.2. The summed E-state index contributed by atoms with van der Waals surface area (Å²) in [4.78, 5) is 28.0. The fourth-order valence-corrected chi connectivity index (χ4v) is 7.33. The predicted molar refractivity (Wildman–Crippen MR) is 224 cm³/mol. The molecule has 54 heavy (non-hydrogen) atoms. The molecule has 2 amide bonds. The molecule has 0 unspecified atom stereocenters. The first kappa shape index (κ1) is 40.4. The maximum absolute atomic E-state index is 13.5. The van der Waals surface area contributed by atoms with Crippen molar-refractivity contribution >= 4 is 31.9 Å². The van der Waals surface area contributed by atoms with Gasteiger partial charge >= 0.3 is 6.03 Å². The number of hydrogen-bond acceptors (Lipinski definition) is 6. The van der Waals surface area contributed by atoms with Crippen molar-refractivity contribution in [2.45, 2.75) is 104 Å². The van der Waals surface area contributed by atoms with Gasteiger partial charge in [0.2, 0.25) is 8.32 Å². The molecule has 11 heteroatoms. The van der Waals surface area contributed by atoms with Crippen molar-refractivity contribution in [2.75, 3.05) is 11.6 Å². The average Bonchev–Trinajstić information content (AvgIpc) is 3.54. The summed E-state index contributed by atoms with van der Waals surface area (Å²) in [5.74, 6) is 1.94. The average molecular weight is 766 g/mol. The van der Waals surface area contributed by atoms with Crippen LogP contribution in [0.15, 0.2) is 94.6 Å². The van der Waals surface area contributed by atoms with Crippen molar-refractivity contribution < 1.29 is 14.0 Å². The van der Waals surface area contributed by atoms with E-state index in [2.05, 4.69) is 77.4 Å². The van der Waals surface area contributed by atoms with Gasteiger partial charge in [0, 0.05) is 28.6 Å². The molecule has 0 aliphatic carbocycles. The number of rotatable bonds is 12. The summed E-state index contributed by atoms with van der Waals surface area (Å²) in [6, 6.07) is 27.3. The molecule has 5 aromatic rings. The van der Waals surface area contributed by atoms with Crippen molar-refractivity contribution in [3.8, 4) is 17.2 Å². The maximum atomic E-state index is 13.5. The van der Waals surface area contributed by atoms with Crippen LogP contribution in [0.5, 0.6) is 11.5 Å². The van der Waals surface area contributed by atoms with Crippen LogP contribution in [0.25, 0.3) is 5.69 Å². The van der Waals surface area contributed by atoms with Crippen molar-refractivity contribution in [1.82, 2.24) is 19.7 Å². The number of aryl methyl sites for hydroxylation is 1. The summed E-state index contributed by atoms with van der Waals surface area (Å²) in [5, 5.41) is 11.0. The first-order valence-corrected chi connectivity index (χ1v) is 22.5. The maximum Gasteiger partial charge on any atom is 0.320 e. The highest BCUT2D eigenvalue weighted by Gasteiger charge is 2.39. The first-order chi connectivity index (χ1) is 25.4. The summed E-state index contributed by atoms with van der Waals surface area (Å²) in [7, 11) is -1.99. The molecule has 0 radical (unpaired) electrons. The molecule has 0 saturated carbocycles. The van der Waals surface area contributed by atoms with Crippen LogP contribution in [0.4, 0.5) is 10.6 Å². The molecule has 0 bridgehead atoms. The fraction of sp³-hybridized carbons (Fsp3) is 0.372. The number of aromatic nitrogens is 3. The highest BCUT2D eigenvalue weighted by Crippen LogP contribution is 2.37. The Bertz CT molecular complexity index is 2160. The molecule has 0 atom stereocenters. The van der Waals surface area contributed by atoms with Gasteiger partial charge in [0.05, 0.1) is 23.5 Å². The van der Waals surface area contributed by atoms with Crippen LogP contribution in [0, 0.1) is 13.8 Å². The van der Waals surface area contributed by atoms with Crippen molar-refractivity contribution in [3.63, 3.8) is 0 Å². The lowest BCUT2D eigenvalue weighted by molar-refractivity contribution is 0.251. The van der Waals surface area contributed by atoms with E-state index in [1.165, 1.54) is 0 Å². The molecule has 0 aliphatic rings. The zero-order valence-electron chi connectivity index (χ0n) is 33.6. The monoisotopic (exact) mass is 765 g/mol. The summed E-state index contributed by atoms with van der Waals surface area (Å²) in [5.41, 5.74) is 5.67. The van der Waals surface area contributed by atoms with Crippen LogP contribution in [0.2, 0.25) is 18.1 Å². The van der Waals surface area contributed by atoms with Crippen LogP contribution >= 0.6 is 11.8 Å². The van der Waals surface area contributed by atoms with Crippen LogP contribution < -0.4 is 25.4 Å². The van der Waals surface area contributed by atoms with E-state index in [1.54, 1.807) is 27.9 Å². The number of anilines is 1. The molecule has 0 saturated heterocycles. The van der Waals surface area contributed by atoms with Crippen LogP contribution in [-0.2, 0) is 25.1 Å². The fourth-order valence-electron chi connectivity index (χ4n) is 5.69. The number of hydrogen-bond donors (Lipinski definition) is 2. The van der Waals surface area contributed by atoms with E-state index in [0.29, 0.717) is 23.7 Å². The minimum Gasteiger partial charge on any atom is -0.544 e. The molecule has 2 heterocycles. The standard InChI is InChI=1S/C43H55N5O4SSi/c1-29-24-36(30(2)40(49)47(29)27-32-17-14-15-19-37(32)53-9)51-28-33-18-13-12-16-31(33)26-44-41(50)45-39-25-38(42(3,4)5)46-48(39)34-20-22-35(23-21-34)52-54(10,11)43(6,7)8/h12-25H,26-28H2,1-11H3,(H2,44,45,50). The number of thioether (sulfide) groups is 1. The molecule has 0 fully saturated rings. The second kappa shape index (κ2) is 16.3. The highest BCUT2D eigenvalue weighted by atomic mass is 32.2. The minimum atomic E-state index is -1.99. The number of amides is 2. The lowest BCUT2D eigenvalue weighted by Gasteiger charge is -2.36. The number of nitrogens with zero attached hydrogens (tertiary/aromatic N) is 3. The Hall–Kier alpha value is -4.74. The van der Waals surface area contributed by atoms with E-state index < -0.39 is 8.32 Å². The lowest BCUT2D eigenvalue weighted by atomic mass is 9.92. The number of ether oxygens (including phenoxy) is 1. The van der Waals surface area contributed by atoms with E-state index in [9.17, 15) is 9.59 Å². The van der Waals surface area contributed by atoms with E-state index in [4.69, 9.17) is 14.3 Å². The molecule has 9 nitrogen and oxygen atoms in total. The highest BCUT2D eigenvalue weighted by molar-refractivity contribution is 7.98. The van der Waals surface area contributed by atoms with Gasteiger partial charge in [-0.1, -0.05) is 84.0 Å². The topological polar surface area (TPSA) is 99.4 Å². The number of benzene rings is 3. The summed E-state index contributed by atoms with van der Waals surface area (Å²) < 4.78 is 16.3. The second-order valence-electron chi connectivity index (χ2n) is 16.3. The van der Waals surface area contributed by atoms with Crippen molar-refractivity contribution in [2.24, 2.45) is 0 Å². The summed E-state index contributed by atoms with van der Waals surface area (Å²) >= 11 is 1.67. The summed E-state index contributed by atoms with van der Waals surface area (Å²) in [6.07, 6.45) is 2.04. The second-order valence-corrected chi connectivity index (χ2v) is 21.8. The molecule has 3 aromatic carbocycles. The van der Waals surface area contributed by atoms with Gasteiger partial charge in [-0.05, 0) is 91.3 Å². The zero-order valence-corrected chi connectivity index (χ0v) is 35.4. The quantitative estimate of drug-likeness (QED) is 0.0970. The minimum absolute atomic E-state index is 0.0724. The molecule has 5 rings (SSSR count). The molecular formula is C43H55N5O4SSi. The first-order valence-electron chi connectivity index (χ1n) is 18.4. The third-order valence-corrected chi connectivity index (χ3v) is 15.3. The largest absolute Gasteiger partial charge is 0.544 e. The van der Waals surface area contributed by atoms with Gasteiger partial charge in [0.25, 0.3) is 5.56 Å². The van der Waals surface area contributed by atoms with Gasteiger partial charge in [-0.2, -0.15) is 5.10 Å². The van der Waals surface area contributed by atoms with Crippen LogP contribution in [0.1, 0.15) is 75.2 Å². The van der Waals surface area contributed by atoms with E-state index in [0.717, 1.165) is 44.4 Å². The van der Waals surface area contributed by atoms with Gasteiger partial charge < -0.3 is 19.0 Å². The molecule has 2 N–H and O–H groups in total. The number of pyridine rings is 1. The van der Waals surface area contributed by atoms with E-state index >= 15 is 0 Å². The van der Waals surface area contributed by atoms with Crippen molar-refractivity contribution in [3.05, 3.63) is 129 Å². The Morgan fingerprint density at radius 3 is 2.13 bits per heavy atom. The Morgan fingerprint density at radius 2 is 1.50 bits per heavy atom. The number of carbonyl (C=O) groups excluding carboxylic acids is 1. The van der Waals surface area contributed by atoms with Gasteiger partial charge in [0.1, 0.15) is 23.9 Å². The molecule has 2 aromatic heterocycles. The predicted octanol–water partition coefficient (Wildman–Crippen LogP) is 10.0. The lowest BCUT2D eigenvalue weighted by Crippen LogP contribution is -2.43. The van der Waals surface area contributed by atoms with Gasteiger partial charge in [-0.25, -0.2) is 9.48 Å². The normalized spacial score (nSPS) is 12.1. The Morgan fingerprint density at radius 1 is 0.870 bits per heavy atom. The van der Waals surface area contributed by atoms with E-state index in [-0.39, 0.29) is 35.2 Å². The van der Waals surface area contributed by atoms with E-state index in [1.807, 2.05) is 86.0 Å². The zero-order chi connectivity index (χ0) is 39.4. The SMILES string of the molecule is CSc1ccccc1Cn1c(C)cc(OCc2ccccc2CNC(=O)Nc2cc(C(C)(C)C)nn2-c2ccc(O[Si](C)(C)C(C)(C)C)cc2)c(C)c1=O. The Balaban J connectivity index is 1.27. The van der Waals surface area contributed by atoms with Gasteiger partial charge in [0.15, 0.2) is 0 Å². The van der Waals surface area contributed by atoms with Crippen LogP contribution in [0.3, 0.4) is 0 Å². The molecular weight excluding hydrogens is 711 g/mol. The molecule has 0 spiro atoms. The number of nitrogens with one attached hydrogen (secondary N) is 2. The molecule has 0 aliphatic heterocycles. The third kappa shape index (κ3) is 9.48.